The monoisotopic (exact) mass is 187 g/mol. The lowest BCUT2D eigenvalue weighted by Gasteiger charge is -1.97. The van der Waals surface area contributed by atoms with Crippen molar-refractivity contribution in [1.82, 2.24) is 15.0 Å². The van der Waals surface area contributed by atoms with Gasteiger partial charge in [0.1, 0.15) is 11.5 Å². The van der Waals surface area contributed by atoms with Crippen LogP contribution in [-0.4, -0.2) is 15.0 Å². The molecule has 2 aromatic heterocycles. The normalized spacial score (nSPS) is 10.5. The van der Waals surface area contributed by atoms with Gasteiger partial charge in [-0.15, -0.1) is 0 Å². The van der Waals surface area contributed by atoms with Gasteiger partial charge in [0, 0.05) is 11.9 Å². The number of imidazole rings is 1. The van der Waals surface area contributed by atoms with Crippen molar-refractivity contribution < 1.29 is 0 Å². The van der Waals surface area contributed by atoms with E-state index in [1.165, 1.54) is 5.56 Å². The number of aromatic amines is 1. The molecule has 0 aliphatic rings. The van der Waals surface area contributed by atoms with Gasteiger partial charge in [0.15, 0.2) is 0 Å². The van der Waals surface area contributed by atoms with Gasteiger partial charge in [0.05, 0.1) is 5.69 Å². The van der Waals surface area contributed by atoms with E-state index in [0.29, 0.717) is 0 Å². The standard InChI is InChI=1S/C11H13N3/c1-7-4-5-10(12-6-7)11-8(2)13-9(3)14-11/h4-6H,1-3H3,(H,13,14). The average Bonchev–Trinajstić information content (AvgIpc) is 2.47. The van der Waals surface area contributed by atoms with Crippen LogP contribution in [0.4, 0.5) is 0 Å². The molecule has 3 heteroatoms. The fourth-order valence-electron chi connectivity index (χ4n) is 1.47. The summed E-state index contributed by atoms with van der Waals surface area (Å²) in [4.78, 5) is 11.9. The van der Waals surface area contributed by atoms with Crippen LogP contribution in [0.2, 0.25) is 0 Å². The Bertz CT molecular complexity index is 440. The number of rotatable bonds is 1. The van der Waals surface area contributed by atoms with Crippen LogP contribution in [0.3, 0.4) is 0 Å². The largest absolute Gasteiger partial charge is 0.346 e. The second kappa shape index (κ2) is 3.25. The van der Waals surface area contributed by atoms with E-state index in [-0.39, 0.29) is 0 Å². The first-order chi connectivity index (χ1) is 6.66. The summed E-state index contributed by atoms with van der Waals surface area (Å²) in [6, 6.07) is 4.05. The molecule has 2 aromatic rings. The van der Waals surface area contributed by atoms with Gasteiger partial charge >= 0.3 is 0 Å². The van der Waals surface area contributed by atoms with Crippen LogP contribution < -0.4 is 0 Å². The molecule has 3 nitrogen and oxygen atoms in total. The summed E-state index contributed by atoms with van der Waals surface area (Å²) in [6.07, 6.45) is 1.86. The summed E-state index contributed by atoms with van der Waals surface area (Å²) in [7, 11) is 0. The smallest absolute Gasteiger partial charge is 0.110 e. The Labute approximate surface area is 83.2 Å². The minimum Gasteiger partial charge on any atom is -0.346 e. The molecule has 0 fully saturated rings. The molecule has 0 aliphatic carbocycles. The molecule has 72 valence electrons. The van der Waals surface area contributed by atoms with E-state index in [1.807, 2.05) is 39.1 Å². The minimum atomic E-state index is 0.928. The number of pyridine rings is 1. The summed E-state index contributed by atoms with van der Waals surface area (Å²) in [6.45, 7) is 5.99. The van der Waals surface area contributed by atoms with Crippen molar-refractivity contribution in [2.24, 2.45) is 0 Å². The van der Waals surface area contributed by atoms with Crippen molar-refractivity contribution in [2.45, 2.75) is 20.8 Å². The molecule has 2 rings (SSSR count). The first-order valence-corrected chi connectivity index (χ1v) is 4.63. The number of nitrogens with one attached hydrogen (secondary N) is 1. The van der Waals surface area contributed by atoms with Gasteiger partial charge < -0.3 is 4.98 Å². The molecule has 2 heterocycles. The van der Waals surface area contributed by atoms with Crippen LogP contribution in [0.15, 0.2) is 18.3 Å². The summed E-state index contributed by atoms with van der Waals surface area (Å²) in [5.41, 5.74) is 4.11. The molecule has 14 heavy (non-hydrogen) atoms. The first kappa shape index (κ1) is 8.94. The van der Waals surface area contributed by atoms with Gasteiger partial charge in [-0.25, -0.2) is 4.98 Å². The lowest BCUT2D eigenvalue weighted by molar-refractivity contribution is 1.13. The third-order valence-electron chi connectivity index (χ3n) is 2.16. The average molecular weight is 187 g/mol. The van der Waals surface area contributed by atoms with Crippen LogP contribution in [0.25, 0.3) is 11.4 Å². The summed E-state index contributed by atoms with van der Waals surface area (Å²) in [5.74, 6) is 0.930. The molecular weight excluding hydrogens is 174 g/mol. The number of nitrogens with zero attached hydrogens (tertiary/aromatic N) is 2. The number of H-pyrrole nitrogens is 1. The molecule has 0 unspecified atom stereocenters. The van der Waals surface area contributed by atoms with E-state index in [0.717, 1.165) is 22.9 Å². The van der Waals surface area contributed by atoms with Crippen LogP contribution in [0.5, 0.6) is 0 Å². The maximum atomic E-state index is 4.39. The van der Waals surface area contributed by atoms with E-state index in [1.54, 1.807) is 0 Å². The zero-order valence-corrected chi connectivity index (χ0v) is 8.63. The summed E-state index contributed by atoms with van der Waals surface area (Å²) < 4.78 is 0. The number of aryl methyl sites for hydroxylation is 3. The van der Waals surface area contributed by atoms with Crippen LogP contribution in [-0.2, 0) is 0 Å². The van der Waals surface area contributed by atoms with E-state index in [9.17, 15) is 0 Å². The number of hydrogen-bond acceptors (Lipinski definition) is 2. The van der Waals surface area contributed by atoms with Crippen LogP contribution in [0.1, 0.15) is 17.1 Å². The van der Waals surface area contributed by atoms with Crippen molar-refractivity contribution >= 4 is 0 Å². The fraction of sp³-hybridized carbons (Fsp3) is 0.273. The Balaban J connectivity index is 2.49. The van der Waals surface area contributed by atoms with Crippen LogP contribution in [0, 0.1) is 20.8 Å². The molecule has 0 atom stereocenters. The summed E-state index contributed by atoms with van der Waals surface area (Å²) >= 11 is 0. The Kier molecular flexibility index (Phi) is 2.08. The zero-order chi connectivity index (χ0) is 10.1. The Hall–Kier alpha value is -1.64. The SMILES string of the molecule is Cc1ccc(-c2nc(C)[nH]c2C)nc1. The predicted molar refractivity (Wildman–Crippen MR) is 56.0 cm³/mol. The molecule has 0 spiro atoms. The van der Waals surface area contributed by atoms with E-state index < -0.39 is 0 Å². The van der Waals surface area contributed by atoms with Crippen molar-refractivity contribution in [1.29, 1.82) is 0 Å². The highest BCUT2D eigenvalue weighted by molar-refractivity contribution is 5.57. The highest BCUT2D eigenvalue weighted by Crippen LogP contribution is 2.18. The summed E-state index contributed by atoms with van der Waals surface area (Å²) in [5, 5.41) is 0. The van der Waals surface area contributed by atoms with E-state index >= 15 is 0 Å². The molecule has 0 saturated carbocycles. The zero-order valence-electron chi connectivity index (χ0n) is 8.63. The van der Waals surface area contributed by atoms with Gasteiger partial charge in [0.25, 0.3) is 0 Å². The molecule has 1 N–H and O–H groups in total. The second-order valence-corrected chi connectivity index (χ2v) is 3.52. The molecule has 0 amide bonds. The Morgan fingerprint density at radius 1 is 1.14 bits per heavy atom. The highest BCUT2D eigenvalue weighted by atomic mass is 14.9. The van der Waals surface area contributed by atoms with Gasteiger partial charge in [-0.1, -0.05) is 6.07 Å². The third-order valence-corrected chi connectivity index (χ3v) is 2.16. The van der Waals surface area contributed by atoms with Gasteiger partial charge in [0.2, 0.25) is 0 Å². The maximum Gasteiger partial charge on any atom is 0.110 e. The first-order valence-electron chi connectivity index (χ1n) is 4.63. The molecule has 0 bridgehead atoms. The minimum absolute atomic E-state index is 0.928. The lowest BCUT2D eigenvalue weighted by atomic mass is 10.2. The topological polar surface area (TPSA) is 41.6 Å². The Morgan fingerprint density at radius 2 is 1.93 bits per heavy atom. The molecule has 0 radical (unpaired) electrons. The molecule has 0 aromatic carbocycles. The quantitative estimate of drug-likeness (QED) is 0.744. The fourth-order valence-corrected chi connectivity index (χ4v) is 1.47. The molecular formula is C11H13N3. The predicted octanol–water partition coefficient (Wildman–Crippen LogP) is 2.40. The second-order valence-electron chi connectivity index (χ2n) is 3.52. The number of aromatic nitrogens is 3. The van der Waals surface area contributed by atoms with E-state index in [4.69, 9.17) is 0 Å². The van der Waals surface area contributed by atoms with Crippen molar-refractivity contribution in [3.05, 3.63) is 35.4 Å². The third kappa shape index (κ3) is 1.53. The maximum absolute atomic E-state index is 4.39. The van der Waals surface area contributed by atoms with Gasteiger partial charge in [-0.05, 0) is 32.4 Å². The van der Waals surface area contributed by atoms with Gasteiger partial charge in [-0.2, -0.15) is 0 Å². The van der Waals surface area contributed by atoms with Crippen LogP contribution >= 0.6 is 0 Å². The highest BCUT2D eigenvalue weighted by Gasteiger charge is 2.06. The number of hydrogen-bond donors (Lipinski definition) is 1. The molecule has 0 saturated heterocycles. The van der Waals surface area contributed by atoms with Crippen molar-refractivity contribution in [3.63, 3.8) is 0 Å². The lowest BCUT2D eigenvalue weighted by Crippen LogP contribution is -1.86. The van der Waals surface area contributed by atoms with Crippen molar-refractivity contribution in [2.75, 3.05) is 0 Å². The Morgan fingerprint density at radius 3 is 2.43 bits per heavy atom. The molecule has 0 aliphatic heterocycles. The van der Waals surface area contributed by atoms with E-state index in [2.05, 4.69) is 15.0 Å². The van der Waals surface area contributed by atoms with Gasteiger partial charge in [-0.3, -0.25) is 4.98 Å². The van der Waals surface area contributed by atoms with Crippen molar-refractivity contribution in [3.8, 4) is 11.4 Å².